The highest BCUT2D eigenvalue weighted by atomic mass is 16.5. The molecule has 8 heteroatoms. The van der Waals surface area contributed by atoms with Crippen molar-refractivity contribution in [3.63, 3.8) is 0 Å². The van der Waals surface area contributed by atoms with Gasteiger partial charge in [0.2, 0.25) is 5.91 Å². The number of carbonyl (C=O) groups excluding carboxylic acids is 1. The standard InChI is InChI=1S/C21H28N4O4/c1-28-12-4-11-22-19(26)10-9-18-21(27)23-20(25-24-18)16-7-3-8-17(13-16)29-14-15-5-2-6-15/h3,7-8,13,15H,2,4-6,9-12,14H2,1H3,(H,22,26)(H,23,25,27). The van der Waals surface area contributed by atoms with Gasteiger partial charge < -0.3 is 19.8 Å². The van der Waals surface area contributed by atoms with E-state index in [0.29, 0.717) is 24.9 Å². The van der Waals surface area contributed by atoms with Gasteiger partial charge >= 0.3 is 0 Å². The van der Waals surface area contributed by atoms with Crippen LogP contribution in [0.25, 0.3) is 11.4 Å². The van der Waals surface area contributed by atoms with Crippen molar-refractivity contribution in [2.75, 3.05) is 26.9 Å². The van der Waals surface area contributed by atoms with Crippen molar-refractivity contribution >= 4 is 5.91 Å². The summed E-state index contributed by atoms with van der Waals surface area (Å²) in [5.41, 5.74) is 0.657. The minimum atomic E-state index is -0.331. The average molecular weight is 400 g/mol. The zero-order valence-corrected chi connectivity index (χ0v) is 16.8. The molecule has 1 saturated carbocycles. The van der Waals surface area contributed by atoms with Gasteiger partial charge in [0.15, 0.2) is 5.82 Å². The molecule has 1 amide bonds. The van der Waals surface area contributed by atoms with E-state index >= 15 is 0 Å². The molecule has 8 nitrogen and oxygen atoms in total. The predicted octanol–water partition coefficient (Wildman–Crippen LogP) is 2.10. The van der Waals surface area contributed by atoms with Gasteiger partial charge in [-0.2, -0.15) is 0 Å². The fourth-order valence-corrected chi connectivity index (χ4v) is 3.03. The van der Waals surface area contributed by atoms with Crippen LogP contribution in [0.5, 0.6) is 5.75 Å². The lowest BCUT2D eigenvalue weighted by atomic mass is 9.86. The highest BCUT2D eigenvalue weighted by Crippen LogP contribution is 2.28. The van der Waals surface area contributed by atoms with E-state index in [1.807, 2.05) is 24.3 Å². The van der Waals surface area contributed by atoms with Crippen LogP contribution in [0.2, 0.25) is 0 Å². The van der Waals surface area contributed by atoms with Crippen molar-refractivity contribution in [3.05, 3.63) is 40.3 Å². The topological polar surface area (TPSA) is 106 Å². The van der Waals surface area contributed by atoms with Crippen LogP contribution < -0.4 is 15.6 Å². The molecule has 1 aromatic heterocycles. The van der Waals surface area contributed by atoms with Crippen LogP contribution in [-0.4, -0.2) is 48.0 Å². The summed E-state index contributed by atoms with van der Waals surface area (Å²) in [6.45, 7) is 1.87. The number of aromatic nitrogens is 3. The monoisotopic (exact) mass is 400 g/mol. The number of benzene rings is 1. The third-order valence-corrected chi connectivity index (χ3v) is 5.02. The lowest BCUT2D eigenvalue weighted by molar-refractivity contribution is -0.121. The van der Waals surface area contributed by atoms with E-state index in [2.05, 4.69) is 20.5 Å². The Morgan fingerprint density at radius 3 is 2.90 bits per heavy atom. The number of amides is 1. The summed E-state index contributed by atoms with van der Waals surface area (Å²) in [5, 5.41) is 10.9. The van der Waals surface area contributed by atoms with Crippen LogP contribution in [0, 0.1) is 5.92 Å². The van der Waals surface area contributed by atoms with Crippen LogP contribution in [0.3, 0.4) is 0 Å². The number of hydrogen-bond acceptors (Lipinski definition) is 6. The summed E-state index contributed by atoms with van der Waals surface area (Å²) < 4.78 is 10.8. The Morgan fingerprint density at radius 2 is 2.17 bits per heavy atom. The molecule has 2 N–H and O–H groups in total. The summed E-state index contributed by atoms with van der Waals surface area (Å²) >= 11 is 0. The van der Waals surface area contributed by atoms with Gasteiger partial charge in [-0.1, -0.05) is 18.6 Å². The Bertz CT molecular complexity index is 864. The van der Waals surface area contributed by atoms with Crippen LogP contribution in [0.15, 0.2) is 29.1 Å². The number of hydrogen-bond donors (Lipinski definition) is 2. The molecule has 3 rings (SSSR count). The minimum Gasteiger partial charge on any atom is -0.493 e. The molecule has 0 bridgehead atoms. The second kappa shape index (κ2) is 10.7. The Labute approximate surface area is 170 Å². The molecular formula is C21H28N4O4. The largest absolute Gasteiger partial charge is 0.493 e. The van der Waals surface area contributed by atoms with Gasteiger partial charge in [0.25, 0.3) is 5.56 Å². The number of nitrogens with one attached hydrogen (secondary N) is 2. The number of nitrogens with zero attached hydrogens (tertiary/aromatic N) is 2. The maximum absolute atomic E-state index is 12.3. The molecule has 0 spiro atoms. The molecule has 0 atom stereocenters. The minimum absolute atomic E-state index is 0.123. The fourth-order valence-electron chi connectivity index (χ4n) is 3.03. The van der Waals surface area contributed by atoms with Gasteiger partial charge in [-0.05, 0) is 37.3 Å². The molecule has 1 aromatic carbocycles. The van der Waals surface area contributed by atoms with Crippen molar-refractivity contribution in [2.24, 2.45) is 5.92 Å². The van der Waals surface area contributed by atoms with Gasteiger partial charge in [-0.3, -0.25) is 9.59 Å². The van der Waals surface area contributed by atoms with E-state index in [4.69, 9.17) is 9.47 Å². The number of aromatic amines is 1. The zero-order chi connectivity index (χ0) is 20.5. The summed E-state index contributed by atoms with van der Waals surface area (Å²) in [5.74, 6) is 1.67. The van der Waals surface area contributed by atoms with Crippen molar-refractivity contribution in [1.29, 1.82) is 0 Å². The summed E-state index contributed by atoms with van der Waals surface area (Å²) in [6, 6.07) is 7.47. The molecule has 156 valence electrons. The molecule has 0 saturated heterocycles. The van der Waals surface area contributed by atoms with Gasteiger partial charge in [-0.25, -0.2) is 0 Å². The first-order valence-corrected chi connectivity index (χ1v) is 10.1. The number of H-pyrrole nitrogens is 1. The van der Waals surface area contributed by atoms with Crippen molar-refractivity contribution in [2.45, 2.75) is 38.5 Å². The van der Waals surface area contributed by atoms with E-state index in [-0.39, 0.29) is 30.0 Å². The summed E-state index contributed by atoms with van der Waals surface area (Å²) in [4.78, 5) is 26.9. The molecule has 2 aromatic rings. The number of ether oxygens (including phenoxy) is 2. The molecule has 0 radical (unpaired) electrons. The van der Waals surface area contributed by atoms with E-state index in [0.717, 1.165) is 24.3 Å². The first-order chi connectivity index (χ1) is 14.2. The van der Waals surface area contributed by atoms with Crippen LogP contribution in [0.4, 0.5) is 0 Å². The van der Waals surface area contributed by atoms with Gasteiger partial charge in [0.1, 0.15) is 11.4 Å². The van der Waals surface area contributed by atoms with Crippen LogP contribution in [0.1, 0.15) is 37.8 Å². The predicted molar refractivity (Wildman–Crippen MR) is 109 cm³/mol. The Morgan fingerprint density at radius 1 is 1.31 bits per heavy atom. The third-order valence-electron chi connectivity index (χ3n) is 5.02. The smallest absolute Gasteiger partial charge is 0.273 e. The SMILES string of the molecule is COCCCNC(=O)CCc1nnc(-c2cccc(OCC3CCC3)c2)[nH]c1=O. The molecule has 1 aliphatic carbocycles. The van der Waals surface area contributed by atoms with Crippen molar-refractivity contribution in [3.8, 4) is 17.1 Å². The molecule has 0 unspecified atom stereocenters. The highest BCUT2D eigenvalue weighted by molar-refractivity contribution is 5.76. The molecule has 1 heterocycles. The maximum Gasteiger partial charge on any atom is 0.273 e. The van der Waals surface area contributed by atoms with E-state index in [1.165, 1.54) is 19.3 Å². The first-order valence-electron chi connectivity index (χ1n) is 10.1. The zero-order valence-electron chi connectivity index (χ0n) is 16.8. The number of carbonyl (C=O) groups is 1. The quantitative estimate of drug-likeness (QED) is 0.560. The van der Waals surface area contributed by atoms with Crippen LogP contribution in [-0.2, 0) is 16.0 Å². The number of methoxy groups -OCH3 is 1. The Balaban J connectivity index is 1.54. The summed E-state index contributed by atoms with van der Waals surface area (Å²) in [6.07, 6.45) is 4.92. The first kappa shape index (κ1) is 21.0. The van der Waals surface area contributed by atoms with E-state index in [1.54, 1.807) is 7.11 Å². The Kier molecular flexibility index (Phi) is 7.75. The Hall–Kier alpha value is -2.74. The molecule has 29 heavy (non-hydrogen) atoms. The molecule has 1 aliphatic rings. The second-order valence-corrected chi connectivity index (χ2v) is 7.28. The second-order valence-electron chi connectivity index (χ2n) is 7.28. The van der Waals surface area contributed by atoms with E-state index in [9.17, 15) is 9.59 Å². The van der Waals surface area contributed by atoms with E-state index < -0.39 is 0 Å². The number of aryl methyl sites for hydroxylation is 1. The van der Waals surface area contributed by atoms with Crippen molar-refractivity contribution in [1.82, 2.24) is 20.5 Å². The average Bonchev–Trinajstić information content (AvgIpc) is 2.69. The fraction of sp³-hybridized carbons (Fsp3) is 0.524. The van der Waals surface area contributed by atoms with Gasteiger partial charge in [0, 0.05) is 38.7 Å². The van der Waals surface area contributed by atoms with Gasteiger partial charge in [0.05, 0.1) is 6.61 Å². The maximum atomic E-state index is 12.3. The lowest BCUT2D eigenvalue weighted by Crippen LogP contribution is -2.27. The van der Waals surface area contributed by atoms with Gasteiger partial charge in [-0.15, -0.1) is 10.2 Å². The molecule has 0 aliphatic heterocycles. The van der Waals surface area contributed by atoms with Crippen LogP contribution >= 0.6 is 0 Å². The van der Waals surface area contributed by atoms with Crippen molar-refractivity contribution < 1.29 is 14.3 Å². The molecule has 1 fully saturated rings. The highest BCUT2D eigenvalue weighted by Gasteiger charge is 2.18. The number of rotatable bonds is 11. The summed E-state index contributed by atoms with van der Waals surface area (Å²) in [7, 11) is 1.62. The lowest BCUT2D eigenvalue weighted by Gasteiger charge is -2.25. The third kappa shape index (κ3) is 6.39. The normalized spacial score (nSPS) is 13.7. The molecular weight excluding hydrogens is 372 g/mol.